The predicted octanol–water partition coefficient (Wildman–Crippen LogP) is 2.64. The fraction of sp³-hybridized carbons (Fsp3) is 0.231. The molecule has 1 heterocycles. The lowest BCUT2D eigenvalue weighted by Gasteiger charge is -2.11. The van der Waals surface area contributed by atoms with Crippen LogP contribution in [0.5, 0.6) is 11.5 Å². The summed E-state index contributed by atoms with van der Waals surface area (Å²) < 4.78 is 10.5. The zero-order chi connectivity index (χ0) is 12.1. The monoisotopic (exact) mass is 232 g/mol. The molecule has 0 fully saturated rings. The molecule has 90 valence electrons. The Morgan fingerprint density at radius 1 is 1.18 bits per heavy atom. The maximum absolute atomic E-state index is 5.33. The van der Waals surface area contributed by atoms with Crippen LogP contribution in [0.25, 0.3) is 0 Å². The van der Waals surface area contributed by atoms with E-state index in [2.05, 4.69) is 10.3 Å². The lowest BCUT2D eigenvalue weighted by Crippen LogP contribution is -2.01. The summed E-state index contributed by atoms with van der Waals surface area (Å²) >= 11 is 0. The quantitative estimate of drug-likeness (QED) is 0.833. The van der Waals surface area contributed by atoms with Gasteiger partial charge in [0.15, 0.2) is 0 Å². The van der Waals surface area contributed by atoms with Crippen molar-refractivity contribution in [2.45, 2.75) is 6.54 Å². The number of ether oxygens (including phenoxy) is 2. The highest BCUT2D eigenvalue weighted by Crippen LogP contribution is 2.25. The molecular formula is C13H16N2O2. The number of hydrogen-bond donors (Lipinski definition) is 2. The number of benzene rings is 1. The van der Waals surface area contributed by atoms with E-state index in [0.717, 1.165) is 22.7 Å². The minimum Gasteiger partial charge on any atom is -0.497 e. The highest BCUT2D eigenvalue weighted by Gasteiger charge is 2.04. The third-order valence-corrected chi connectivity index (χ3v) is 2.58. The topological polar surface area (TPSA) is 46.3 Å². The summed E-state index contributed by atoms with van der Waals surface area (Å²) in [5, 5.41) is 3.30. The van der Waals surface area contributed by atoms with Gasteiger partial charge in [0.1, 0.15) is 11.5 Å². The Bertz CT molecular complexity index is 466. The van der Waals surface area contributed by atoms with E-state index in [1.165, 1.54) is 0 Å². The Hall–Kier alpha value is -2.10. The molecular weight excluding hydrogens is 216 g/mol. The number of aromatic nitrogens is 1. The van der Waals surface area contributed by atoms with Crippen molar-refractivity contribution in [2.75, 3.05) is 19.5 Å². The summed E-state index contributed by atoms with van der Waals surface area (Å²) in [5.41, 5.74) is 2.15. The van der Waals surface area contributed by atoms with Crippen molar-refractivity contribution >= 4 is 5.69 Å². The molecule has 17 heavy (non-hydrogen) atoms. The molecule has 0 aliphatic rings. The van der Waals surface area contributed by atoms with Gasteiger partial charge in [-0.15, -0.1) is 0 Å². The Morgan fingerprint density at radius 3 is 2.71 bits per heavy atom. The molecule has 4 nitrogen and oxygen atoms in total. The minimum atomic E-state index is 0.713. The van der Waals surface area contributed by atoms with Crippen LogP contribution in [-0.4, -0.2) is 19.2 Å². The molecule has 1 aromatic carbocycles. The average Bonchev–Trinajstić information content (AvgIpc) is 2.89. The fourth-order valence-electron chi connectivity index (χ4n) is 1.63. The van der Waals surface area contributed by atoms with E-state index in [1.807, 2.05) is 36.7 Å². The summed E-state index contributed by atoms with van der Waals surface area (Å²) in [6, 6.07) is 7.79. The number of anilines is 1. The summed E-state index contributed by atoms with van der Waals surface area (Å²) in [4.78, 5) is 3.00. The number of nitrogens with one attached hydrogen (secondary N) is 2. The average molecular weight is 232 g/mol. The Balaban J connectivity index is 2.09. The van der Waals surface area contributed by atoms with Crippen molar-refractivity contribution in [3.8, 4) is 11.5 Å². The summed E-state index contributed by atoms with van der Waals surface area (Å²) in [5.74, 6) is 1.62. The van der Waals surface area contributed by atoms with Gasteiger partial charge >= 0.3 is 0 Å². The number of aromatic amines is 1. The predicted molar refractivity (Wildman–Crippen MR) is 67.7 cm³/mol. The van der Waals surface area contributed by atoms with Crippen molar-refractivity contribution in [2.24, 2.45) is 0 Å². The molecule has 0 atom stereocenters. The Morgan fingerprint density at radius 2 is 2.06 bits per heavy atom. The zero-order valence-electron chi connectivity index (χ0n) is 9.99. The fourth-order valence-corrected chi connectivity index (χ4v) is 1.63. The van der Waals surface area contributed by atoms with Gasteiger partial charge in [-0.05, 0) is 18.2 Å². The number of H-pyrrole nitrogens is 1. The van der Waals surface area contributed by atoms with E-state index in [4.69, 9.17) is 9.47 Å². The first kappa shape index (κ1) is 11.4. The van der Waals surface area contributed by atoms with Crippen LogP contribution in [-0.2, 0) is 6.54 Å². The van der Waals surface area contributed by atoms with Gasteiger partial charge in [0, 0.05) is 30.6 Å². The first-order valence-electron chi connectivity index (χ1n) is 5.41. The summed E-state index contributed by atoms with van der Waals surface area (Å²) in [6.45, 7) is 0.713. The largest absolute Gasteiger partial charge is 0.497 e. The molecule has 0 saturated heterocycles. The number of methoxy groups -OCH3 is 2. The van der Waals surface area contributed by atoms with Crippen LogP contribution in [0.3, 0.4) is 0 Å². The van der Waals surface area contributed by atoms with Gasteiger partial charge < -0.3 is 19.8 Å². The van der Waals surface area contributed by atoms with E-state index in [0.29, 0.717) is 6.54 Å². The van der Waals surface area contributed by atoms with Crippen molar-refractivity contribution in [1.82, 2.24) is 4.98 Å². The molecule has 2 N–H and O–H groups in total. The molecule has 0 saturated carbocycles. The molecule has 0 aliphatic carbocycles. The molecule has 1 aromatic heterocycles. The van der Waals surface area contributed by atoms with Gasteiger partial charge in [-0.25, -0.2) is 0 Å². The molecule has 2 rings (SSSR count). The van der Waals surface area contributed by atoms with E-state index >= 15 is 0 Å². The molecule has 4 heteroatoms. The van der Waals surface area contributed by atoms with Gasteiger partial charge in [0.2, 0.25) is 0 Å². The Kier molecular flexibility index (Phi) is 3.55. The van der Waals surface area contributed by atoms with Gasteiger partial charge in [0.05, 0.1) is 19.9 Å². The normalized spacial score (nSPS) is 10.0. The van der Waals surface area contributed by atoms with Gasteiger partial charge in [0.25, 0.3) is 0 Å². The lowest BCUT2D eigenvalue weighted by atomic mass is 10.2. The first-order chi connectivity index (χ1) is 8.33. The minimum absolute atomic E-state index is 0.713. The van der Waals surface area contributed by atoms with E-state index in [-0.39, 0.29) is 0 Å². The second kappa shape index (κ2) is 5.30. The van der Waals surface area contributed by atoms with Crippen LogP contribution >= 0.6 is 0 Å². The zero-order valence-corrected chi connectivity index (χ0v) is 9.99. The molecule has 2 aromatic rings. The highest BCUT2D eigenvalue weighted by atomic mass is 16.5. The van der Waals surface area contributed by atoms with Crippen molar-refractivity contribution < 1.29 is 9.47 Å². The molecule has 0 unspecified atom stereocenters. The first-order valence-corrected chi connectivity index (χ1v) is 5.41. The van der Waals surface area contributed by atoms with Crippen molar-refractivity contribution in [3.05, 3.63) is 42.2 Å². The third kappa shape index (κ3) is 2.72. The maximum Gasteiger partial charge on any atom is 0.127 e. The van der Waals surface area contributed by atoms with Crippen molar-refractivity contribution in [1.29, 1.82) is 0 Å². The van der Waals surface area contributed by atoms with Gasteiger partial charge in [-0.2, -0.15) is 0 Å². The summed E-state index contributed by atoms with van der Waals surface area (Å²) in [6.07, 6.45) is 3.80. The van der Waals surface area contributed by atoms with Crippen LogP contribution in [0.2, 0.25) is 0 Å². The lowest BCUT2D eigenvalue weighted by molar-refractivity contribution is 0.391. The third-order valence-electron chi connectivity index (χ3n) is 2.58. The van der Waals surface area contributed by atoms with Crippen LogP contribution in [0.4, 0.5) is 5.69 Å². The van der Waals surface area contributed by atoms with Crippen LogP contribution < -0.4 is 14.8 Å². The van der Waals surface area contributed by atoms with Crippen LogP contribution in [0.15, 0.2) is 36.7 Å². The Labute approximate surface area is 101 Å². The van der Waals surface area contributed by atoms with E-state index < -0.39 is 0 Å². The summed E-state index contributed by atoms with van der Waals surface area (Å²) in [7, 11) is 3.31. The second-order valence-corrected chi connectivity index (χ2v) is 3.63. The SMILES string of the molecule is COc1ccc(CNc2cc[nH]c2)c(OC)c1. The maximum atomic E-state index is 5.33. The molecule has 0 radical (unpaired) electrons. The highest BCUT2D eigenvalue weighted by molar-refractivity contribution is 5.45. The smallest absolute Gasteiger partial charge is 0.127 e. The van der Waals surface area contributed by atoms with Gasteiger partial charge in [-0.3, -0.25) is 0 Å². The van der Waals surface area contributed by atoms with E-state index in [1.54, 1.807) is 14.2 Å². The van der Waals surface area contributed by atoms with Crippen LogP contribution in [0, 0.1) is 0 Å². The molecule has 0 spiro atoms. The molecule has 0 bridgehead atoms. The van der Waals surface area contributed by atoms with E-state index in [9.17, 15) is 0 Å². The molecule has 0 amide bonds. The molecule has 0 aliphatic heterocycles. The second-order valence-electron chi connectivity index (χ2n) is 3.63. The number of rotatable bonds is 5. The number of hydrogen-bond acceptors (Lipinski definition) is 3. The standard InChI is InChI=1S/C13H16N2O2/c1-16-12-4-3-10(13(7-12)17-2)8-15-11-5-6-14-9-11/h3-7,9,14-15H,8H2,1-2H3. The van der Waals surface area contributed by atoms with Gasteiger partial charge in [-0.1, -0.05) is 0 Å². The van der Waals surface area contributed by atoms with Crippen LogP contribution in [0.1, 0.15) is 5.56 Å². The van der Waals surface area contributed by atoms with Crippen molar-refractivity contribution in [3.63, 3.8) is 0 Å².